The SMILES string of the molecule is C#C[Si](C#C)(c1ccccc1F)c1ccccc1F. The van der Waals surface area contributed by atoms with Crippen molar-refractivity contribution in [1.29, 1.82) is 0 Å². The lowest BCUT2D eigenvalue weighted by Gasteiger charge is -2.21. The normalized spacial score (nSPS) is 10.5. The van der Waals surface area contributed by atoms with Gasteiger partial charge in [0.1, 0.15) is 11.6 Å². The maximum Gasteiger partial charge on any atom is 0.280 e. The molecule has 92 valence electrons. The molecule has 0 saturated carbocycles. The molecule has 0 amide bonds. The Bertz CT molecular complexity index is 631. The molecule has 0 saturated heterocycles. The van der Waals surface area contributed by atoms with Crippen LogP contribution in [-0.4, -0.2) is 8.07 Å². The standard InChI is InChI=1S/C16H10F2Si/c1-3-19(4-2,15-11-7-5-9-13(15)17)16-12-8-6-10-14(16)18/h1-2,5-12H. The summed E-state index contributed by atoms with van der Waals surface area (Å²) < 4.78 is 28.0. The van der Waals surface area contributed by atoms with Gasteiger partial charge in [-0.15, -0.1) is 23.9 Å². The van der Waals surface area contributed by atoms with Crippen molar-refractivity contribution in [3.05, 3.63) is 60.2 Å². The Morgan fingerprint density at radius 3 is 1.42 bits per heavy atom. The Morgan fingerprint density at radius 1 is 0.737 bits per heavy atom. The second-order valence-electron chi connectivity index (χ2n) is 4.00. The van der Waals surface area contributed by atoms with Gasteiger partial charge in [0.05, 0.1) is 0 Å². The summed E-state index contributed by atoms with van der Waals surface area (Å²) in [5.74, 6) is -0.985. The van der Waals surface area contributed by atoms with E-state index < -0.39 is 19.7 Å². The van der Waals surface area contributed by atoms with Crippen molar-refractivity contribution in [2.45, 2.75) is 0 Å². The summed E-state index contributed by atoms with van der Waals surface area (Å²) in [5, 5.41) is 0.482. The van der Waals surface area contributed by atoms with E-state index in [1.165, 1.54) is 24.3 Å². The molecule has 0 bridgehead atoms. The molecule has 0 spiro atoms. The van der Waals surface area contributed by atoms with E-state index in [1.54, 1.807) is 24.3 Å². The summed E-state index contributed by atoms with van der Waals surface area (Å²) in [5.41, 5.74) is 5.00. The van der Waals surface area contributed by atoms with Crippen molar-refractivity contribution in [3.63, 3.8) is 0 Å². The lowest BCUT2D eigenvalue weighted by molar-refractivity contribution is 0.633. The van der Waals surface area contributed by atoms with E-state index in [1.807, 2.05) is 0 Å². The first-order chi connectivity index (χ1) is 9.15. The van der Waals surface area contributed by atoms with Crippen LogP contribution < -0.4 is 10.4 Å². The van der Waals surface area contributed by atoms with Crippen LogP contribution in [0.15, 0.2) is 48.5 Å². The third-order valence-electron chi connectivity index (χ3n) is 2.99. The highest BCUT2D eigenvalue weighted by atomic mass is 28.3. The third-order valence-corrected chi connectivity index (χ3v) is 6.28. The molecule has 0 unspecified atom stereocenters. The zero-order valence-corrected chi connectivity index (χ0v) is 11.0. The quantitative estimate of drug-likeness (QED) is 0.576. The van der Waals surface area contributed by atoms with Gasteiger partial charge in [-0.3, -0.25) is 0 Å². The van der Waals surface area contributed by atoms with Gasteiger partial charge < -0.3 is 0 Å². The van der Waals surface area contributed by atoms with Gasteiger partial charge >= 0.3 is 0 Å². The largest absolute Gasteiger partial charge is 0.280 e. The molecule has 2 aromatic carbocycles. The van der Waals surface area contributed by atoms with Crippen molar-refractivity contribution < 1.29 is 8.78 Å². The third kappa shape index (κ3) is 2.05. The van der Waals surface area contributed by atoms with Gasteiger partial charge in [-0.1, -0.05) is 36.4 Å². The van der Waals surface area contributed by atoms with Crippen molar-refractivity contribution in [2.24, 2.45) is 0 Å². The molecule has 0 aromatic heterocycles. The maximum atomic E-state index is 14.0. The van der Waals surface area contributed by atoms with Crippen molar-refractivity contribution in [3.8, 4) is 23.9 Å². The van der Waals surface area contributed by atoms with Crippen LogP contribution in [0.2, 0.25) is 0 Å². The van der Waals surface area contributed by atoms with E-state index in [0.29, 0.717) is 0 Å². The predicted molar refractivity (Wildman–Crippen MR) is 75.5 cm³/mol. The number of rotatable bonds is 2. The lowest BCUT2D eigenvalue weighted by Crippen LogP contribution is -2.59. The van der Waals surface area contributed by atoms with Gasteiger partial charge in [-0.05, 0) is 12.1 Å². The van der Waals surface area contributed by atoms with Gasteiger partial charge in [-0.2, -0.15) is 0 Å². The monoisotopic (exact) mass is 268 g/mol. The highest BCUT2D eigenvalue weighted by molar-refractivity contribution is 7.13. The first-order valence-electron chi connectivity index (χ1n) is 5.61. The van der Waals surface area contributed by atoms with E-state index >= 15 is 0 Å². The summed E-state index contributed by atoms with van der Waals surface area (Å²) in [6.07, 6.45) is 11.1. The van der Waals surface area contributed by atoms with Crippen molar-refractivity contribution >= 4 is 18.4 Å². The van der Waals surface area contributed by atoms with Gasteiger partial charge in [0.15, 0.2) is 0 Å². The van der Waals surface area contributed by atoms with Crippen LogP contribution in [0.25, 0.3) is 0 Å². The summed E-state index contributed by atoms with van der Waals surface area (Å²) in [7, 11) is -3.28. The molecule has 19 heavy (non-hydrogen) atoms. The molecule has 2 aromatic rings. The zero-order valence-electron chi connectivity index (χ0n) is 10.0. The Labute approximate surface area is 112 Å². The molecule has 0 heterocycles. The fourth-order valence-corrected chi connectivity index (χ4v) is 4.60. The minimum atomic E-state index is -3.28. The van der Waals surface area contributed by atoms with Crippen LogP contribution in [-0.2, 0) is 0 Å². The number of hydrogen-bond donors (Lipinski definition) is 0. The highest BCUT2D eigenvalue weighted by Gasteiger charge is 2.38. The van der Waals surface area contributed by atoms with E-state index in [0.717, 1.165) is 0 Å². The Morgan fingerprint density at radius 2 is 1.11 bits per heavy atom. The van der Waals surface area contributed by atoms with E-state index in [9.17, 15) is 8.78 Å². The van der Waals surface area contributed by atoms with Crippen LogP contribution in [0, 0.1) is 35.6 Å². The summed E-state index contributed by atoms with van der Waals surface area (Å²) in [6, 6.07) is 12.0. The van der Waals surface area contributed by atoms with Gasteiger partial charge in [-0.25, -0.2) is 8.78 Å². The molecule has 0 aliphatic heterocycles. The molecule has 0 atom stereocenters. The van der Waals surface area contributed by atoms with Crippen LogP contribution in [0.4, 0.5) is 8.78 Å². The lowest BCUT2D eigenvalue weighted by atomic mass is 10.3. The molecule has 0 nitrogen and oxygen atoms in total. The number of hydrogen-bond acceptors (Lipinski definition) is 0. The van der Waals surface area contributed by atoms with E-state index in [4.69, 9.17) is 12.8 Å². The number of terminal acetylenes is 2. The summed E-state index contributed by atoms with van der Waals surface area (Å²) in [4.78, 5) is 0. The molecule has 0 aliphatic carbocycles. The fourth-order valence-electron chi connectivity index (χ4n) is 2.03. The first-order valence-corrected chi connectivity index (χ1v) is 7.61. The van der Waals surface area contributed by atoms with Crippen molar-refractivity contribution in [1.82, 2.24) is 0 Å². The molecule has 3 heteroatoms. The fraction of sp³-hybridized carbons (Fsp3) is 0. The Balaban J connectivity index is 2.79. The zero-order chi connectivity index (χ0) is 13.9. The minimum Gasteiger partial charge on any atom is -0.207 e. The van der Waals surface area contributed by atoms with Crippen molar-refractivity contribution in [2.75, 3.05) is 0 Å². The van der Waals surface area contributed by atoms with Gasteiger partial charge in [0.2, 0.25) is 0 Å². The number of benzene rings is 2. The molecule has 0 N–H and O–H groups in total. The average molecular weight is 268 g/mol. The summed E-state index contributed by atoms with van der Waals surface area (Å²) >= 11 is 0. The first kappa shape index (κ1) is 13.1. The smallest absolute Gasteiger partial charge is 0.207 e. The second kappa shape index (κ2) is 5.10. The topological polar surface area (TPSA) is 0 Å². The maximum absolute atomic E-state index is 14.0. The van der Waals surface area contributed by atoms with Crippen LogP contribution >= 0.6 is 0 Å². The summed E-state index contributed by atoms with van der Waals surface area (Å²) in [6.45, 7) is 0. The van der Waals surface area contributed by atoms with E-state index in [-0.39, 0.29) is 10.4 Å². The molecule has 0 radical (unpaired) electrons. The molecular formula is C16H10F2Si. The second-order valence-corrected chi connectivity index (χ2v) is 7.15. The molecule has 0 aliphatic rings. The number of halogens is 2. The Kier molecular flexibility index (Phi) is 3.51. The molecule has 0 fully saturated rings. The Hall–Kier alpha value is -2.36. The highest BCUT2D eigenvalue weighted by Crippen LogP contribution is 2.09. The average Bonchev–Trinajstić information content (AvgIpc) is 2.44. The minimum absolute atomic E-state index is 0.241. The van der Waals surface area contributed by atoms with Crippen LogP contribution in [0.3, 0.4) is 0 Å². The predicted octanol–water partition coefficient (Wildman–Crippen LogP) is 1.87. The molecular weight excluding hydrogens is 258 g/mol. The van der Waals surface area contributed by atoms with Gasteiger partial charge in [0.25, 0.3) is 8.07 Å². The van der Waals surface area contributed by atoms with E-state index in [2.05, 4.69) is 11.1 Å². The van der Waals surface area contributed by atoms with Gasteiger partial charge in [0, 0.05) is 10.4 Å². The van der Waals surface area contributed by atoms with Crippen LogP contribution in [0.5, 0.6) is 0 Å². The van der Waals surface area contributed by atoms with Crippen LogP contribution in [0.1, 0.15) is 0 Å². The molecule has 2 rings (SSSR count).